The number of benzene rings is 2. The Bertz CT molecular complexity index is 1070. The van der Waals surface area contributed by atoms with Gasteiger partial charge in [0.05, 0.1) is 18.8 Å². The van der Waals surface area contributed by atoms with Crippen LogP contribution in [0.4, 0.5) is 5.69 Å². The summed E-state index contributed by atoms with van der Waals surface area (Å²) in [6.07, 6.45) is 10.2. The molecule has 1 amide bonds. The van der Waals surface area contributed by atoms with E-state index < -0.39 is 12.3 Å². The summed E-state index contributed by atoms with van der Waals surface area (Å²) < 4.78 is 13.0. The minimum Gasteiger partial charge on any atom is -0.481 e. The van der Waals surface area contributed by atoms with Crippen molar-refractivity contribution in [1.82, 2.24) is 4.90 Å². The number of ether oxygens (including phenoxy) is 2. The Kier molecular flexibility index (Phi) is 12.6. The van der Waals surface area contributed by atoms with Crippen LogP contribution >= 0.6 is 0 Å². The van der Waals surface area contributed by atoms with Crippen molar-refractivity contribution in [2.75, 3.05) is 25.0 Å². The first kappa shape index (κ1) is 31.2. The number of carboxylic acids is 1. The summed E-state index contributed by atoms with van der Waals surface area (Å²) in [4.78, 5) is 25.5. The number of carbonyl (C=O) groups is 2. The van der Waals surface area contributed by atoms with E-state index in [0.29, 0.717) is 12.8 Å². The largest absolute Gasteiger partial charge is 0.481 e. The number of carboxylic acid groups (broad SMARTS) is 1. The Morgan fingerprint density at radius 3 is 2.10 bits per heavy atom. The van der Waals surface area contributed by atoms with E-state index in [0.717, 1.165) is 67.7 Å². The molecular formula is C33H46N2O6. The van der Waals surface area contributed by atoms with Gasteiger partial charge >= 0.3 is 5.97 Å². The number of aliphatic hydroxyl groups excluding tert-OH is 1. The lowest BCUT2D eigenvalue weighted by Crippen LogP contribution is -2.40. The van der Waals surface area contributed by atoms with E-state index >= 15 is 0 Å². The van der Waals surface area contributed by atoms with Crippen LogP contribution in [0.15, 0.2) is 48.5 Å². The van der Waals surface area contributed by atoms with Crippen molar-refractivity contribution in [2.24, 2.45) is 0 Å². The minimum atomic E-state index is -0.772. The molecule has 224 valence electrons. The Morgan fingerprint density at radius 1 is 0.805 bits per heavy atom. The third-order valence-electron chi connectivity index (χ3n) is 8.04. The highest BCUT2D eigenvalue weighted by Crippen LogP contribution is 2.38. The van der Waals surface area contributed by atoms with Crippen molar-refractivity contribution in [1.29, 1.82) is 0 Å². The standard InChI is InChI=1S/C33H46N2O6/c36-24-25-12-14-26(15-13-25)30-22-29(23-35-20-8-4-1-5-9-21-35)40-33(41-30)27-16-18-28(19-17-27)34-31(37)10-6-2-3-7-11-32(38)39/h12-19,29-30,33,36H,1-11,20-24H2,(H,34,37)(H,38,39)/t29-,30+,33+/m0/s1. The number of hydrogen-bond donors (Lipinski definition) is 3. The first-order valence-corrected chi connectivity index (χ1v) is 15.3. The SMILES string of the molecule is O=C(O)CCCCCCC(=O)Nc1ccc([C@@H]2O[C@H](CN3CCCCCCC3)C[C@H](c3ccc(CO)cc3)O2)cc1. The molecule has 2 aromatic carbocycles. The lowest BCUT2D eigenvalue weighted by molar-refractivity contribution is -0.253. The normalized spacial score (nSPS) is 22.0. The number of amides is 1. The van der Waals surface area contributed by atoms with Crippen LogP contribution in [0.3, 0.4) is 0 Å². The molecular weight excluding hydrogens is 520 g/mol. The van der Waals surface area contributed by atoms with E-state index in [4.69, 9.17) is 14.6 Å². The number of unbranched alkanes of at least 4 members (excludes halogenated alkanes) is 3. The second-order valence-corrected chi connectivity index (χ2v) is 11.4. The Hall–Kier alpha value is -2.78. The first-order chi connectivity index (χ1) is 20.0. The first-order valence-electron chi connectivity index (χ1n) is 15.3. The summed E-state index contributed by atoms with van der Waals surface area (Å²) in [5, 5.41) is 21.1. The van der Waals surface area contributed by atoms with Crippen LogP contribution < -0.4 is 5.32 Å². The molecule has 0 aliphatic carbocycles. The van der Waals surface area contributed by atoms with Gasteiger partial charge in [-0.2, -0.15) is 0 Å². The molecule has 41 heavy (non-hydrogen) atoms. The van der Waals surface area contributed by atoms with Crippen LogP contribution in [0.1, 0.15) is 106 Å². The predicted octanol–water partition coefficient (Wildman–Crippen LogP) is 6.35. The number of likely N-dealkylation sites (tertiary alicyclic amines) is 1. The zero-order valence-corrected chi connectivity index (χ0v) is 24.1. The highest BCUT2D eigenvalue weighted by Gasteiger charge is 2.33. The molecule has 2 fully saturated rings. The molecule has 2 aliphatic heterocycles. The van der Waals surface area contributed by atoms with Crippen LogP contribution in [-0.4, -0.2) is 52.7 Å². The summed E-state index contributed by atoms with van der Waals surface area (Å²) in [6.45, 7) is 3.12. The number of nitrogens with one attached hydrogen (secondary N) is 1. The number of carbonyl (C=O) groups excluding carboxylic acids is 1. The van der Waals surface area contributed by atoms with E-state index in [1.807, 2.05) is 48.5 Å². The molecule has 2 aromatic rings. The van der Waals surface area contributed by atoms with Gasteiger partial charge in [0.2, 0.25) is 5.91 Å². The van der Waals surface area contributed by atoms with Gasteiger partial charge < -0.3 is 29.9 Å². The van der Waals surface area contributed by atoms with Gasteiger partial charge in [0.25, 0.3) is 0 Å². The quantitative estimate of drug-likeness (QED) is 0.242. The molecule has 8 heteroatoms. The molecule has 3 N–H and O–H groups in total. The van der Waals surface area contributed by atoms with Crippen molar-refractivity contribution in [3.8, 4) is 0 Å². The van der Waals surface area contributed by atoms with Gasteiger partial charge in [0.15, 0.2) is 6.29 Å². The average Bonchev–Trinajstić information content (AvgIpc) is 2.96. The third-order valence-corrected chi connectivity index (χ3v) is 8.04. The maximum atomic E-state index is 12.4. The van der Waals surface area contributed by atoms with Crippen LogP contribution in [0.2, 0.25) is 0 Å². The fourth-order valence-corrected chi connectivity index (χ4v) is 5.68. The van der Waals surface area contributed by atoms with Crippen LogP contribution in [0.25, 0.3) is 0 Å². The summed E-state index contributed by atoms with van der Waals surface area (Å²) in [7, 11) is 0. The molecule has 2 heterocycles. The molecule has 2 aliphatic rings. The summed E-state index contributed by atoms with van der Waals surface area (Å²) in [5.74, 6) is -0.813. The second kappa shape index (κ2) is 16.6. The number of aliphatic carboxylic acids is 1. The Morgan fingerprint density at radius 2 is 1.44 bits per heavy atom. The van der Waals surface area contributed by atoms with E-state index in [2.05, 4.69) is 10.2 Å². The van der Waals surface area contributed by atoms with Gasteiger partial charge in [-0.25, -0.2) is 0 Å². The van der Waals surface area contributed by atoms with E-state index in [9.17, 15) is 14.7 Å². The Labute approximate surface area is 244 Å². The average molecular weight is 567 g/mol. The van der Waals surface area contributed by atoms with Crippen LogP contribution in [-0.2, 0) is 25.7 Å². The molecule has 0 aromatic heterocycles. The van der Waals surface area contributed by atoms with Gasteiger partial charge in [-0.15, -0.1) is 0 Å². The number of nitrogens with zero attached hydrogens (tertiary/aromatic N) is 1. The fourth-order valence-electron chi connectivity index (χ4n) is 5.68. The van der Waals surface area contributed by atoms with Gasteiger partial charge in [0.1, 0.15) is 0 Å². The summed E-state index contributed by atoms with van der Waals surface area (Å²) >= 11 is 0. The Balaban J connectivity index is 1.36. The van der Waals surface area contributed by atoms with Gasteiger partial charge in [0, 0.05) is 37.1 Å². The highest BCUT2D eigenvalue weighted by atomic mass is 16.7. The number of hydrogen-bond acceptors (Lipinski definition) is 6. The third kappa shape index (κ3) is 10.5. The zero-order valence-electron chi connectivity index (χ0n) is 24.1. The van der Waals surface area contributed by atoms with Crippen LogP contribution in [0, 0.1) is 0 Å². The highest BCUT2D eigenvalue weighted by molar-refractivity contribution is 5.90. The molecule has 0 spiro atoms. The smallest absolute Gasteiger partial charge is 0.303 e. The van der Waals surface area contributed by atoms with Crippen molar-refractivity contribution < 1.29 is 29.3 Å². The number of aliphatic hydroxyl groups is 1. The monoisotopic (exact) mass is 566 g/mol. The topological polar surface area (TPSA) is 108 Å². The molecule has 3 atom stereocenters. The van der Waals surface area contributed by atoms with Gasteiger partial charge in [-0.1, -0.05) is 68.5 Å². The van der Waals surface area contributed by atoms with E-state index in [-0.39, 0.29) is 31.1 Å². The van der Waals surface area contributed by atoms with Gasteiger partial charge in [-0.3, -0.25) is 9.59 Å². The minimum absolute atomic E-state index is 0.0187. The zero-order chi connectivity index (χ0) is 28.9. The van der Waals surface area contributed by atoms with E-state index in [1.54, 1.807) is 0 Å². The molecule has 4 rings (SSSR count). The van der Waals surface area contributed by atoms with Crippen molar-refractivity contribution in [3.63, 3.8) is 0 Å². The van der Waals surface area contributed by atoms with Gasteiger partial charge in [-0.05, 0) is 62.0 Å². The number of rotatable bonds is 13. The maximum Gasteiger partial charge on any atom is 0.303 e. The van der Waals surface area contributed by atoms with Crippen molar-refractivity contribution in [2.45, 2.75) is 102 Å². The molecule has 0 saturated carbocycles. The molecule has 0 bridgehead atoms. The summed E-state index contributed by atoms with van der Waals surface area (Å²) in [5.41, 5.74) is 3.61. The molecule has 8 nitrogen and oxygen atoms in total. The fraction of sp³-hybridized carbons (Fsp3) is 0.576. The molecule has 0 radical (unpaired) electrons. The summed E-state index contributed by atoms with van der Waals surface area (Å²) in [6, 6.07) is 15.7. The van der Waals surface area contributed by atoms with Crippen LogP contribution in [0.5, 0.6) is 0 Å². The molecule has 0 unspecified atom stereocenters. The van der Waals surface area contributed by atoms with Crippen molar-refractivity contribution in [3.05, 3.63) is 65.2 Å². The lowest BCUT2D eigenvalue weighted by Gasteiger charge is -2.38. The molecule has 2 saturated heterocycles. The maximum absolute atomic E-state index is 12.4. The second-order valence-electron chi connectivity index (χ2n) is 11.4. The number of anilines is 1. The van der Waals surface area contributed by atoms with E-state index in [1.165, 1.54) is 32.1 Å². The predicted molar refractivity (Wildman–Crippen MR) is 158 cm³/mol. The lowest BCUT2D eigenvalue weighted by atomic mass is 9.99. The van der Waals surface area contributed by atoms with Crippen molar-refractivity contribution >= 4 is 17.6 Å².